The SMILES string of the molecule is CCSc1cc(C2CCCCC2)cnc1-c1nc2cc(C(F)(F)F)cnc2n1C. The predicted molar refractivity (Wildman–Crippen MR) is 109 cm³/mol. The molecule has 0 saturated heterocycles. The molecule has 1 aliphatic carbocycles. The zero-order chi connectivity index (χ0) is 20.6. The third-order valence-electron chi connectivity index (χ3n) is 5.50. The van der Waals surface area contributed by atoms with Crippen molar-refractivity contribution in [3.63, 3.8) is 0 Å². The Morgan fingerprint density at radius 1 is 1.10 bits per heavy atom. The van der Waals surface area contributed by atoms with Gasteiger partial charge in [-0.05, 0) is 42.2 Å². The highest BCUT2D eigenvalue weighted by Gasteiger charge is 2.32. The summed E-state index contributed by atoms with van der Waals surface area (Å²) in [6.07, 6.45) is 4.50. The van der Waals surface area contributed by atoms with Gasteiger partial charge in [-0.15, -0.1) is 11.8 Å². The van der Waals surface area contributed by atoms with Crippen LogP contribution in [0.4, 0.5) is 13.2 Å². The lowest BCUT2D eigenvalue weighted by atomic mass is 9.85. The monoisotopic (exact) mass is 420 g/mol. The topological polar surface area (TPSA) is 43.6 Å². The molecule has 1 aliphatic rings. The fraction of sp³-hybridized carbons (Fsp3) is 0.476. The van der Waals surface area contributed by atoms with Gasteiger partial charge in [0, 0.05) is 24.3 Å². The van der Waals surface area contributed by atoms with E-state index in [2.05, 4.69) is 23.0 Å². The number of fused-ring (bicyclic) bond motifs is 1. The van der Waals surface area contributed by atoms with Crippen LogP contribution in [0.25, 0.3) is 22.7 Å². The Morgan fingerprint density at radius 2 is 1.86 bits per heavy atom. The molecule has 0 amide bonds. The second-order valence-corrected chi connectivity index (χ2v) is 8.75. The molecule has 1 fully saturated rings. The molecule has 0 radical (unpaired) electrons. The van der Waals surface area contributed by atoms with Crippen molar-refractivity contribution in [3.05, 3.63) is 35.7 Å². The molecule has 154 valence electrons. The molecule has 3 aromatic heterocycles. The highest BCUT2D eigenvalue weighted by atomic mass is 32.2. The molecule has 1 saturated carbocycles. The standard InChI is InChI=1S/C21H23F3N4S/c1-3-29-17-9-14(13-7-5-4-6-8-13)11-25-18(17)20-27-16-10-15(21(22,23)24)12-26-19(16)28(20)2/h9-13H,3-8H2,1-2H3. The Bertz CT molecular complexity index is 1020. The maximum absolute atomic E-state index is 13.0. The van der Waals surface area contributed by atoms with E-state index in [1.807, 2.05) is 6.20 Å². The van der Waals surface area contributed by atoms with Gasteiger partial charge in [-0.1, -0.05) is 26.2 Å². The minimum absolute atomic E-state index is 0.225. The second-order valence-electron chi connectivity index (χ2n) is 7.44. The van der Waals surface area contributed by atoms with Gasteiger partial charge < -0.3 is 4.57 Å². The molecule has 0 aromatic carbocycles. The highest BCUT2D eigenvalue weighted by molar-refractivity contribution is 7.99. The fourth-order valence-corrected chi connectivity index (χ4v) is 4.81. The number of aromatic nitrogens is 4. The van der Waals surface area contributed by atoms with Crippen LogP contribution in [-0.4, -0.2) is 25.3 Å². The first kappa shape index (κ1) is 20.2. The number of hydrogen-bond donors (Lipinski definition) is 0. The van der Waals surface area contributed by atoms with Crippen LogP contribution in [0.3, 0.4) is 0 Å². The smallest absolute Gasteiger partial charge is 0.310 e. The fourth-order valence-electron chi connectivity index (χ4n) is 4.00. The minimum Gasteiger partial charge on any atom is -0.310 e. The summed E-state index contributed by atoms with van der Waals surface area (Å²) in [6, 6.07) is 3.25. The molecule has 0 spiro atoms. The van der Waals surface area contributed by atoms with Crippen LogP contribution in [0, 0.1) is 0 Å². The summed E-state index contributed by atoms with van der Waals surface area (Å²) in [4.78, 5) is 14.2. The number of imidazole rings is 1. The van der Waals surface area contributed by atoms with Crippen LogP contribution in [0.1, 0.15) is 56.1 Å². The minimum atomic E-state index is -4.44. The van der Waals surface area contributed by atoms with E-state index in [4.69, 9.17) is 4.98 Å². The summed E-state index contributed by atoms with van der Waals surface area (Å²) in [6.45, 7) is 2.08. The van der Waals surface area contributed by atoms with Gasteiger partial charge in [0.05, 0.1) is 5.56 Å². The van der Waals surface area contributed by atoms with Crippen LogP contribution < -0.4 is 0 Å². The van der Waals surface area contributed by atoms with Crippen molar-refractivity contribution in [2.45, 2.75) is 56.0 Å². The average Bonchev–Trinajstić information content (AvgIpc) is 3.04. The first-order chi connectivity index (χ1) is 13.9. The molecule has 0 aliphatic heterocycles. The van der Waals surface area contributed by atoms with Gasteiger partial charge in [0.25, 0.3) is 0 Å². The predicted octanol–water partition coefficient (Wildman–Crippen LogP) is 6.21. The van der Waals surface area contributed by atoms with Crippen LogP contribution >= 0.6 is 11.8 Å². The molecular formula is C21H23F3N4S. The van der Waals surface area contributed by atoms with Crippen molar-refractivity contribution in [1.29, 1.82) is 0 Å². The number of hydrogen-bond acceptors (Lipinski definition) is 4. The quantitative estimate of drug-likeness (QED) is 0.471. The molecule has 0 atom stereocenters. The van der Waals surface area contributed by atoms with Crippen LogP contribution in [0.15, 0.2) is 29.4 Å². The summed E-state index contributed by atoms with van der Waals surface area (Å²) < 4.78 is 40.8. The van der Waals surface area contributed by atoms with Crippen LogP contribution in [0.2, 0.25) is 0 Å². The maximum Gasteiger partial charge on any atom is 0.417 e. The van der Waals surface area contributed by atoms with Crippen molar-refractivity contribution >= 4 is 22.9 Å². The third kappa shape index (κ3) is 3.99. The van der Waals surface area contributed by atoms with E-state index in [-0.39, 0.29) is 5.52 Å². The summed E-state index contributed by atoms with van der Waals surface area (Å²) in [5, 5.41) is 0. The Balaban J connectivity index is 1.78. The van der Waals surface area contributed by atoms with Crippen molar-refractivity contribution in [1.82, 2.24) is 19.5 Å². The van der Waals surface area contributed by atoms with Gasteiger partial charge in [0.15, 0.2) is 11.5 Å². The lowest BCUT2D eigenvalue weighted by Gasteiger charge is -2.22. The molecule has 0 bridgehead atoms. The Kier molecular flexibility index (Phi) is 5.55. The number of thioether (sulfide) groups is 1. The lowest BCUT2D eigenvalue weighted by Crippen LogP contribution is -2.06. The summed E-state index contributed by atoms with van der Waals surface area (Å²) in [5.41, 5.74) is 1.80. The van der Waals surface area contributed by atoms with Crippen molar-refractivity contribution in [2.24, 2.45) is 7.05 Å². The summed E-state index contributed by atoms with van der Waals surface area (Å²) in [5.74, 6) is 1.96. The number of halogens is 3. The number of pyridine rings is 2. The largest absolute Gasteiger partial charge is 0.417 e. The number of aryl methyl sites for hydroxylation is 1. The Labute approximate surface area is 172 Å². The molecule has 0 N–H and O–H groups in total. The highest BCUT2D eigenvalue weighted by Crippen LogP contribution is 2.38. The number of alkyl halides is 3. The van der Waals surface area contributed by atoms with Crippen molar-refractivity contribution in [2.75, 3.05) is 5.75 Å². The molecule has 3 heterocycles. The van der Waals surface area contributed by atoms with E-state index < -0.39 is 11.7 Å². The first-order valence-corrected chi connectivity index (χ1v) is 10.9. The van der Waals surface area contributed by atoms with Crippen LogP contribution in [0.5, 0.6) is 0 Å². The molecule has 4 rings (SSSR count). The zero-order valence-corrected chi connectivity index (χ0v) is 17.3. The first-order valence-electron chi connectivity index (χ1n) is 9.91. The number of nitrogens with zero attached hydrogens (tertiary/aromatic N) is 4. The van der Waals surface area contributed by atoms with Gasteiger partial charge in [-0.2, -0.15) is 13.2 Å². The van der Waals surface area contributed by atoms with E-state index in [1.54, 1.807) is 23.4 Å². The van der Waals surface area contributed by atoms with E-state index in [1.165, 1.54) is 37.7 Å². The molecule has 0 unspecified atom stereocenters. The zero-order valence-electron chi connectivity index (χ0n) is 16.5. The third-order valence-corrected chi connectivity index (χ3v) is 6.41. The van der Waals surface area contributed by atoms with Crippen molar-refractivity contribution in [3.8, 4) is 11.5 Å². The molecule has 3 aromatic rings. The van der Waals surface area contributed by atoms with Gasteiger partial charge in [-0.3, -0.25) is 4.98 Å². The van der Waals surface area contributed by atoms with E-state index in [0.29, 0.717) is 23.1 Å². The normalized spacial score (nSPS) is 15.9. The van der Waals surface area contributed by atoms with Gasteiger partial charge >= 0.3 is 6.18 Å². The average molecular weight is 421 g/mol. The summed E-state index contributed by atoms with van der Waals surface area (Å²) in [7, 11) is 1.77. The van der Waals surface area contributed by atoms with Gasteiger partial charge in [0.1, 0.15) is 11.2 Å². The molecule has 4 nitrogen and oxygen atoms in total. The van der Waals surface area contributed by atoms with E-state index in [9.17, 15) is 13.2 Å². The number of rotatable bonds is 4. The molecule has 29 heavy (non-hydrogen) atoms. The molecule has 8 heteroatoms. The van der Waals surface area contributed by atoms with Gasteiger partial charge in [0.2, 0.25) is 0 Å². The van der Waals surface area contributed by atoms with E-state index in [0.717, 1.165) is 22.9 Å². The van der Waals surface area contributed by atoms with E-state index >= 15 is 0 Å². The lowest BCUT2D eigenvalue weighted by molar-refractivity contribution is -0.137. The molecular weight excluding hydrogens is 397 g/mol. The maximum atomic E-state index is 13.0. The summed E-state index contributed by atoms with van der Waals surface area (Å²) >= 11 is 1.68. The Hall–Kier alpha value is -2.09. The van der Waals surface area contributed by atoms with Gasteiger partial charge in [-0.25, -0.2) is 9.97 Å². The Morgan fingerprint density at radius 3 is 2.55 bits per heavy atom. The van der Waals surface area contributed by atoms with Crippen molar-refractivity contribution < 1.29 is 13.2 Å². The second kappa shape index (κ2) is 7.97. The van der Waals surface area contributed by atoms with Crippen LogP contribution in [-0.2, 0) is 13.2 Å².